The summed E-state index contributed by atoms with van der Waals surface area (Å²) in [5.74, 6) is 0.557. The molecule has 0 aromatic carbocycles. The molecule has 1 fully saturated rings. The topological polar surface area (TPSA) is 89.3 Å². The molecule has 18 heavy (non-hydrogen) atoms. The van der Waals surface area contributed by atoms with Crippen LogP contribution in [0.3, 0.4) is 0 Å². The van der Waals surface area contributed by atoms with Gasteiger partial charge < -0.3 is 5.32 Å². The summed E-state index contributed by atoms with van der Waals surface area (Å²) in [6.45, 7) is 0.728. The lowest BCUT2D eigenvalue weighted by Crippen LogP contribution is -2.32. The average Bonchev–Trinajstić information content (AvgIpc) is 2.63. The maximum atomic E-state index is 11.6. The van der Waals surface area contributed by atoms with Crippen LogP contribution in [-0.2, 0) is 21.2 Å². The van der Waals surface area contributed by atoms with Crippen molar-refractivity contribution >= 4 is 27.3 Å². The van der Waals surface area contributed by atoms with Crippen LogP contribution in [0.1, 0.15) is 24.1 Å². The molecule has 0 atom stereocenters. The maximum absolute atomic E-state index is 11.6. The van der Waals surface area contributed by atoms with Gasteiger partial charge in [-0.1, -0.05) is 6.42 Å². The Hall–Kier alpha value is -0.920. The highest BCUT2D eigenvalue weighted by Crippen LogP contribution is 2.25. The van der Waals surface area contributed by atoms with Gasteiger partial charge in [0.1, 0.15) is 4.21 Å². The lowest BCUT2D eigenvalue weighted by Gasteiger charge is -2.25. The molecule has 2 rings (SSSR count). The number of thiophene rings is 1. The Morgan fingerprint density at radius 2 is 2.17 bits per heavy atom. The summed E-state index contributed by atoms with van der Waals surface area (Å²) >= 11 is 1.05. The van der Waals surface area contributed by atoms with Crippen molar-refractivity contribution in [3.63, 3.8) is 0 Å². The van der Waals surface area contributed by atoms with Gasteiger partial charge in [-0.05, 0) is 30.9 Å². The van der Waals surface area contributed by atoms with E-state index in [1.54, 1.807) is 6.07 Å². The molecule has 3 N–H and O–H groups in total. The number of carbonyl (C=O) groups is 1. The molecule has 0 radical (unpaired) electrons. The summed E-state index contributed by atoms with van der Waals surface area (Å²) in [6, 6.07) is 3.07. The van der Waals surface area contributed by atoms with Gasteiger partial charge in [-0.25, -0.2) is 13.6 Å². The van der Waals surface area contributed by atoms with Crippen molar-refractivity contribution in [3.8, 4) is 0 Å². The fourth-order valence-electron chi connectivity index (χ4n) is 1.78. The Morgan fingerprint density at radius 1 is 1.44 bits per heavy atom. The summed E-state index contributed by atoms with van der Waals surface area (Å²) in [7, 11) is -3.65. The van der Waals surface area contributed by atoms with E-state index in [4.69, 9.17) is 5.14 Å². The molecular weight excluding hydrogens is 272 g/mol. The quantitative estimate of drug-likeness (QED) is 0.842. The normalized spacial score (nSPS) is 16.3. The monoisotopic (exact) mass is 288 g/mol. The molecule has 1 aromatic rings. The number of hydrogen-bond donors (Lipinski definition) is 2. The molecule has 1 heterocycles. The van der Waals surface area contributed by atoms with Gasteiger partial charge in [0, 0.05) is 11.4 Å². The third-order valence-electron chi connectivity index (χ3n) is 3.06. The fraction of sp³-hybridized carbons (Fsp3) is 0.545. The van der Waals surface area contributed by atoms with E-state index in [-0.39, 0.29) is 16.5 Å². The number of primary sulfonamides is 1. The lowest BCUT2D eigenvalue weighted by atomic mass is 9.85. The number of amides is 1. The van der Waals surface area contributed by atoms with Gasteiger partial charge in [-0.3, -0.25) is 4.79 Å². The zero-order valence-corrected chi connectivity index (χ0v) is 11.5. The summed E-state index contributed by atoms with van der Waals surface area (Å²) in [5, 5.41) is 7.88. The maximum Gasteiger partial charge on any atom is 0.247 e. The van der Waals surface area contributed by atoms with Gasteiger partial charge >= 0.3 is 0 Å². The van der Waals surface area contributed by atoms with Crippen LogP contribution in [0.15, 0.2) is 16.3 Å². The van der Waals surface area contributed by atoms with E-state index < -0.39 is 10.0 Å². The molecule has 1 aromatic heterocycles. The predicted octanol–water partition coefficient (Wildman–Crippen LogP) is 0.854. The van der Waals surface area contributed by atoms with Crippen molar-refractivity contribution in [2.45, 2.75) is 29.9 Å². The van der Waals surface area contributed by atoms with E-state index in [9.17, 15) is 13.2 Å². The van der Waals surface area contributed by atoms with E-state index in [1.807, 2.05) is 0 Å². The molecule has 7 heteroatoms. The van der Waals surface area contributed by atoms with Gasteiger partial charge in [-0.15, -0.1) is 11.3 Å². The van der Waals surface area contributed by atoms with Crippen LogP contribution >= 0.6 is 11.3 Å². The summed E-state index contributed by atoms with van der Waals surface area (Å²) in [4.78, 5) is 12.3. The van der Waals surface area contributed by atoms with Gasteiger partial charge in [0.2, 0.25) is 15.9 Å². The van der Waals surface area contributed by atoms with Crippen molar-refractivity contribution in [1.82, 2.24) is 5.32 Å². The van der Waals surface area contributed by atoms with Crippen molar-refractivity contribution in [2.24, 2.45) is 11.1 Å². The first-order chi connectivity index (χ1) is 8.45. The standard InChI is InChI=1S/C11H16N2O3S2/c12-18(15,16)11-5-4-9(17-11)6-10(14)13-7-8-2-1-3-8/h4-5,8H,1-3,6-7H2,(H,13,14)(H2,12,15,16). The van der Waals surface area contributed by atoms with E-state index in [2.05, 4.69) is 5.32 Å². The molecule has 0 saturated heterocycles. The predicted molar refractivity (Wildman–Crippen MR) is 69.7 cm³/mol. The first kappa shape index (κ1) is 13.5. The number of sulfonamides is 1. The van der Waals surface area contributed by atoms with Gasteiger partial charge in [-0.2, -0.15) is 0 Å². The van der Waals surface area contributed by atoms with Gasteiger partial charge in [0.15, 0.2) is 0 Å². The highest BCUT2D eigenvalue weighted by atomic mass is 32.2. The Balaban J connectivity index is 1.84. The molecule has 0 spiro atoms. The molecule has 0 bridgehead atoms. The van der Waals surface area contributed by atoms with Crippen LogP contribution in [0, 0.1) is 5.92 Å². The summed E-state index contributed by atoms with van der Waals surface area (Å²) in [6.07, 6.45) is 3.85. The van der Waals surface area contributed by atoms with Crippen LogP contribution < -0.4 is 10.5 Å². The highest BCUT2D eigenvalue weighted by molar-refractivity contribution is 7.91. The summed E-state index contributed by atoms with van der Waals surface area (Å²) < 4.78 is 22.3. The number of nitrogens with one attached hydrogen (secondary N) is 1. The first-order valence-electron chi connectivity index (χ1n) is 5.83. The smallest absolute Gasteiger partial charge is 0.247 e. The van der Waals surface area contributed by atoms with E-state index >= 15 is 0 Å². The van der Waals surface area contributed by atoms with E-state index in [0.717, 1.165) is 17.9 Å². The lowest BCUT2D eigenvalue weighted by molar-refractivity contribution is -0.120. The molecular formula is C11H16N2O3S2. The van der Waals surface area contributed by atoms with E-state index in [1.165, 1.54) is 25.3 Å². The number of rotatable bonds is 5. The molecule has 0 unspecified atom stereocenters. The molecule has 0 aliphatic heterocycles. The molecule has 1 amide bonds. The number of hydrogen-bond acceptors (Lipinski definition) is 4. The molecule has 5 nitrogen and oxygen atoms in total. The van der Waals surface area contributed by atoms with Crippen molar-refractivity contribution < 1.29 is 13.2 Å². The zero-order chi connectivity index (χ0) is 13.2. The van der Waals surface area contributed by atoms with Gasteiger partial charge in [0.25, 0.3) is 0 Å². The SMILES string of the molecule is NS(=O)(=O)c1ccc(CC(=O)NCC2CCC2)s1. The Kier molecular flexibility index (Phi) is 4.04. The van der Waals surface area contributed by atoms with Crippen LogP contribution in [0.2, 0.25) is 0 Å². The zero-order valence-electron chi connectivity index (χ0n) is 9.89. The fourth-order valence-corrected chi connectivity index (χ4v) is 3.56. The second kappa shape index (κ2) is 5.38. The minimum atomic E-state index is -3.65. The van der Waals surface area contributed by atoms with Crippen LogP contribution in [-0.4, -0.2) is 20.9 Å². The molecule has 1 saturated carbocycles. The van der Waals surface area contributed by atoms with Crippen LogP contribution in [0.25, 0.3) is 0 Å². The Morgan fingerprint density at radius 3 is 2.67 bits per heavy atom. The number of nitrogens with two attached hydrogens (primary N) is 1. The molecule has 1 aliphatic carbocycles. The summed E-state index contributed by atoms with van der Waals surface area (Å²) in [5.41, 5.74) is 0. The Bertz CT molecular complexity index is 532. The van der Waals surface area contributed by atoms with Crippen molar-refractivity contribution in [3.05, 3.63) is 17.0 Å². The third kappa shape index (κ3) is 3.54. The minimum Gasteiger partial charge on any atom is -0.356 e. The number of carbonyl (C=O) groups excluding carboxylic acids is 1. The van der Waals surface area contributed by atoms with Crippen molar-refractivity contribution in [1.29, 1.82) is 0 Å². The first-order valence-corrected chi connectivity index (χ1v) is 8.19. The van der Waals surface area contributed by atoms with Crippen LogP contribution in [0.5, 0.6) is 0 Å². The van der Waals surface area contributed by atoms with Crippen molar-refractivity contribution in [2.75, 3.05) is 6.54 Å². The van der Waals surface area contributed by atoms with E-state index in [0.29, 0.717) is 10.8 Å². The second-order valence-corrected chi connectivity index (χ2v) is 7.50. The average molecular weight is 288 g/mol. The highest BCUT2D eigenvalue weighted by Gasteiger charge is 2.18. The molecule has 100 valence electrons. The molecule has 1 aliphatic rings. The third-order valence-corrected chi connectivity index (χ3v) is 5.59. The largest absolute Gasteiger partial charge is 0.356 e. The van der Waals surface area contributed by atoms with Crippen LogP contribution in [0.4, 0.5) is 0 Å². The Labute approximate surface area is 110 Å². The second-order valence-electron chi connectivity index (χ2n) is 4.54. The minimum absolute atomic E-state index is 0.0651. The van der Waals surface area contributed by atoms with Gasteiger partial charge in [0.05, 0.1) is 6.42 Å².